The molecule has 0 amide bonds. The molecule has 4 nitrogen and oxygen atoms in total. The average Bonchev–Trinajstić information content (AvgIpc) is 3.79. The Morgan fingerprint density at radius 1 is 0.455 bits per heavy atom. The van der Waals surface area contributed by atoms with Gasteiger partial charge in [-0.2, -0.15) is 0 Å². The number of benzene rings is 8. The fourth-order valence-corrected chi connectivity index (χ4v) is 9.84. The summed E-state index contributed by atoms with van der Waals surface area (Å²) in [7, 11) is 0. The zero-order valence-electron chi connectivity index (χ0n) is 29.5. The van der Waals surface area contributed by atoms with Crippen molar-refractivity contribution in [1.82, 2.24) is 14.5 Å². The lowest BCUT2D eigenvalue weighted by Gasteiger charge is -2.33. The minimum atomic E-state index is 0.716. The lowest BCUT2D eigenvalue weighted by Crippen LogP contribution is -2.14. The van der Waals surface area contributed by atoms with Crippen molar-refractivity contribution < 1.29 is 0 Å². The number of anilines is 3. The zero-order chi connectivity index (χ0) is 36.0. The predicted molar refractivity (Wildman–Crippen MR) is 231 cm³/mol. The first-order chi connectivity index (χ1) is 27.3. The summed E-state index contributed by atoms with van der Waals surface area (Å²) in [6, 6.07) is 65.3. The zero-order valence-corrected chi connectivity index (χ0v) is 30.3. The van der Waals surface area contributed by atoms with Gasteiger partial charge in [-0.1, -0.05) is 115 Å². The molecule has 0 bridgehead atoms. The molecule has 1 aliphatic rings. The van der Waals surface area contributed by atoms with Crippen LogP contribution in [0.4, 0.5) is 17.1 Å². The lowest BCUT2D eigenvalue weighted by molar-refractivity contribution is 1.18. The van der Waals surface area contributed by atoms with E-state index >= 15 is 0 Å². The van der Waals surface area contributed by atoms with E-state index in [4.69, 9.17) is 9.97 Å². The summed E-state index contributed by atoms with van der Waals surface area (Å²) in [4.78, 5) is 13.1. The van der Waals surface area contributed by atoms with Crippen LogP contribution in [0.1, 0.15) is 0 Å². The van der Waals surface area contributed by atoms with E-state index in [1.54, 1.807) is 11.3 Å². The van der Waals surface area contributed by atoms with Crippen LogP contribution in [0.5, 0.6) is 0 Å². The SMILES string of the molecule is c1ccc(-n2c3ccccc3c3ccc(-c4nc(-c5ccc(N6c7ccccc7-c7cccc8cccc6c78)cc5)nc5c4sc4ccccc45)cc32)cc1. The number of para-hydroxylation sites is 3. The summed E-state index contributed by atoms with van der Waals surface area (Å²) in [5.74, 6) is 0.716. The maximum atomic E-state index is 5.42. The minimum absolute atomic E-state index is 0.716. The van der Waals surface area contributed by atoms with Crippen LogP contribution in [0, 0.1) is 0 Å². The van der Waals surface area contributed by atoms with Gasteiger partial charge in [-0.3, -0.25) is 0 Å². The highest BCUT2D eigenvalue weighted by Gasteiger charge is 2.26. The minimum Gasteiger partial charge on any atom is -0.309 e. The average molecular weight is 719 g/mol. The van der Waals surface area contributed by atoms with Gasteiger partial charge in [0.25, 0.3) is 0 Å². The second-order valence-electron chi connectivity index (χ2n) is 14.2. The number of fused-ring (bicyclic) bond motifs is 8. The van der Waals surface area contributed by atoms with Crippen LogP contribution in [-0.2, 0) is 0 Å². The summed E-state index contributed by atoms with van der Waals surface area (Å²) in [6.07, 6.45) is 0. The van der Waals surface area contributed by atoms with Crippen LogP contribution in [0.15, 0.2) is 182 Å². The van der Waals surface area contributed by atoms with Crippen LogP contribution < -0.4 is 4.90 Å². The van der Waals surface area contributed by atoms with Crippen molar-refractivity contribution in [3.05, 3.63) is 182 Å². The van der Waals surface area contributed by atoms with Gasteiger partial charge in [-0.15, -0.1) is 11.3 Å². The van der Waals surface area contributed by atoms with Crippen molar-refractivity contribution in [3.63, 3.8) is 0 Å². The molecule has 0 N–H and O–H groups in total. The molecule has 3 aromatic heterocycles. The normalized spacial score (nSPS) is 12.3. The Kier molecular flexibility index (Phi) is 6.47. The Morgan fingerprint density at radius 3 is 2.04 bits per heavy atom. The molecule has 0 spiro atoms. The van der Waals surface area contributed by atoms with E-state index in [2.05, 4.69) is 191 Å². The summed E-state index contributed by atoms with van der Waals surface area (Å²) < 4.78 is 4.67. The van der Waals surface area contributed by atoms with Crippen molar-refractivity contribution in [1.29, 1.82) is 0 Å². The Labute approximate surface area is 320 Å². The third kappa shape index (κ3) is 4.51. The fraction of sp³-hybridized carbons (Fsp3) is 0. The molecule has 11 aromatic rings. The van der Waals surface area contributed by atoms with Crippen LogP contribution in [0.3, 0.4) is 0 Å². The molecular weight excluding hydrogens is 689 g/mol. The molecule has 0 unspecified atom stereocenters. The lowest BCUT2D eigenvalue weighted by atomic mass is 9.91. The second kappa shape index (κ2) is 11.7. The smallest absolute Gasteiger partial charge is 0.160 e. The van der Waals surface area contributed by atoms with Gasteiger partial charge in [-0.05, 0) is 77.7 Å². The summed E-state index contributed by atoms with van der Waals surface area (Å²) in [6.45, 7) is 0. The predicted octanol–water partition coefficient (Wildman–Crippen LogP) is 13.9. The van der Waals surface area contributed by atoms with Crippen molar-refractivity contribution in [2.24, 2.45) is 0 Å². The molecule has 0 aliphatic carbocycles. The van der Waals surface area contributed by atoms with Crippen LogP contribution in [0.25, 0.3) is 92.3 Å². The van der Waals surface area contributed by atoms with E-state index in [0.717, 1.165) is 49.3 Å². The van der Waals surface area contributed by atoms with Gasteiger partial charge >= 0.3 is 0 Å². The topological polar surface area (TPSA) is 34.0 Å². The fourth-order valence-electron chi connectivity index (χ4n) is 8.68. The van der Waals surface area contributed by atoms with Gasteiger partial charge in [0.05, 0.1) is 38.3 Å². The molecule has 0 atom stereocenters. The first kappa shape index (κ1) is 30.4. The van der Waals surface area contributed by atoms with Gasteiger partial charge in [0.1, 0.15) is 0 Å². The van der Waals surface area contributed by atoms with Crippen LogP contribution in [-0.4, -0.2) is 14.5 Å². The molecule has 0 saturated heterocycles. The van der Waals surface area contributed by atoms with E-state index in [1.807, 2.05) is 0 Å². The van der Waals surface area contributed by atoms with Gasteiger partial charge in [0, 0.05) is 54.3 Å². The van der Waals surface area contributed by atoms with Gasteiger partial charge in [-0.25, -0.2) is 9.97 Å². The van der Waals surface area contributed by atoms with Crippen molar-refractivity contribution in [3.8, 4) is 39.5 Å². The van der Waals surface area contributed by atoms with Gasteiger partial charge in [0.15, 0.2) is 5.82 Å². The number of hydrogen-bond donors (Lipinski definition) is 0. The highest BCUT2D eigenvalue weighted by atomic mass is 32.1. The van der Waals surface area contributed by atoms with E-state index in [0.29, 0.717) is 5.82 Å². The van der Waals surface area contributed by atoms with Crippen molar-refractivity contribution in [2.45, 2.75) is 0 Å². The Morgan fingerprint density at radius 2 is 1.15 bits per heavy atom. The quantitative estimate of drug-likeness (QED) is 0.182. The molecule has 256 valence electrons. The van der Waals surface area contributed by atoms with Gasteiger partial charge in [0.2, 0.25) is 0 Å². The number of rotatable bonds is 4. The maximum absolute atomic E-state index is 5.42. The molecular formula is C50H30N4S. The molecule has 12 rings (SSSR count). The second-order valence-corrected chi connectivity index (χ2v) is 15.2. The van der Waals surface area contributed by atoms with E-state index in [1.165, 1.54) is 54.3 Å². The molecule has 0 saturated carbocycles. The van der Waals surface area contributed by atoms with E-state index in [-0.39, 0.29) is 0 Å². The van der Waals surface area contributed by atoms with Crippen LogP contribution in [0.2, 0.25) is 0 Å². The monoisotopic (exact) mass is 718 g/mol. The molecule has 0 radical (unpaired) electrons. The highest BCUT2D eigenvalue weighted by Crippen LogP contribution is 2.51. The molecule has 1 aliphatic heterocycles. The molecule has 4 heterocycles. The first-order valence-electron chi connectivity index (χ1n) is 18.6. The molecule has 8 aromatic carbocycles. The Hall–Kier alpha value is -7.08. The number of nitrogens with zero attached hydrogens (tertiary/aromatic N) is 4. The third-order valence-electron chi connectivity index (χ3n) is 11.1. The third-order valence-corrected chi connectivity index (χ3v) is 12.3. The molecule has 0 fully saturated rings. The number of hydrogen-bond acceptors (Lipinski definition) is 4. The van der Waals surface area contributed by atoms with Gasteiger partial charge < -0.3 is 9.47 Å². The maximum Gasteiger partial charge on any atom is 0.160 e. The van der Waals surface area contributed by atoms with E-state index in [9.17, 15) is 0 Å². The highest BCUT2D eigenvalue weighted by molar-refractivity contribution is 7.26. The van der Waals surface area contributed by atoms with Crippen molar-refractivity contribution >= 4 is 81.3 Å². The summed E-state index contributed by atoms with van der Waals surface area (Å²) >= 11 is 1.77. The summed E-state index contributed by atoms with van der Waals surface area (Å²) in [5.41, 5.74) is 13.4. The Bertz CT molecular complexity index is 3320. The van der Waals surface area contributed by atoms with Crippen molar-refractivity contribution in [2.75, 3.05) is 4.90 Å². The first-order valence-corrected chi connectivity index (χ1v) is 19.4. The summed E-state index contributed by atoms with van der Waals surface area (Å²) in [5, 5.41) is 6.13. The number of aromatic nitrogens is 3. The largest absolute Gasteiger partial charge is 0.309 e. The van der Waals surface area contributed by atoms with Crippen LogP contribution >= 0.6 is 11.3 Å². The Balaban J connectivity index is 1.04. The standard InChI is InChI=1S/C50H30N4S/c1-2-14-34(15-3-1)54-41-20-7-4-16-36(41)38-29-26-33(30-44(38)54)47-49-48(40-18-6-9-23-45(40)55-49)52-50(51-47)32-24-27-35(28-25-32)53-42-21-8-5-17-37(42)39-19-10-12-31-13-11-22-43(53)46(31)39/h1-30H. The molecule has 55 heavy (non-hydrogen) atoms. The molecule has 5 heteroatoms. The van der Waals surface area contributed by atoms with E-state index < -0.39 is 0 Å². The number of thiophene rings is 1.